The van der Waals surface area contributed by atoms with Crippen LogP contribution in [0.1, 0.15) is 0 Å². The summed E-state index contributed by atoms with van der Waals surface area (Å²) in [5.74, 6) is 0. The van der Waals surface area contributed by atoms with E-state index in [1.165, 1.54) is 0 Å². The Hall–Kier alpha value is 0.423. The van der Waals surface area contributed by atoms with Crippen molar-refractivity contribution in [2.24, 2.45) is 0 Å². The van der Waals surface area contributed by atoms with Gasteiger partial charge in [-0.3, -0.25) is 0 Å². The molecule has 6 heavy (non-hydrogen) atoms. The van der Waals surface area contributed by atoms with Gasteiger partial charge in [0.2, 0.25) is 0 Å². The molecule has 10 N–H and O–H groups in total. The van der Waals surface area contributed by atoms with Crippen LogP contribution >= 0.6 is 0 Å². The summed E-state index contributed by atoms with van der Waals surface area (Å²) >= 11 is 0. The molecule has 5 nitrogen and oxygen atoms in total. The smallest absolute Gasteiger partial charge is 0.693 e. The monoisotopic (exact) mass is 182 g/mol. The van der Waals surface area contributed by atoms with Crippen molar-refractivity contribution in [1.29, 1.82) is 0 Å². The van der Waals surface area contributed by atoms with Crippen molar-refractivity contribution in [3.63, 3.8) is 0 Å². The van der Waals surface area contributed by atoms with Crippen molar-refractivity contribution in [2.75, 3.05) is 0 Å². The van der Waals surface area contributed by atoms with Gasteiger partial charge in [-0.1, -0.05) is 0 Å². The number of rotatable bonds is 0. The molecule has 0 aromatic rings. The molecule has 0 rings (SSSR count). The maximum atomic E-state index is 0. The molecule has 0 saturated carbocycles. The van der Waals surface area contributed by atoms with Gasteiger partial charge in [-0.2, -0.15) is 0 Å². The van der Waals surface area contributed by atoms with E-state index in [9.17, 15) is 0 Å². The Bertz CT molecular complexity index is 3.90. The summed E-state index contributed by atoms with van der Waals surface area (Å²) < 4.78 is 0. The summed E-state index contributed by atoms with van der Waals surface area (Å²) in [5.41, 5.74) is 0. The maximum Gasteiger partial charge on any atom is 8.00 e. The second-order valence-corrected chi connectivity index (χ2v) is 0. The first-order valence-corrected chi connectivity index (χ1v) is 0. The van der Waals surface area contributed by atoms with Crippen LogP contribution in [0.3, 0.4) is 0 Å². The third-order valence-electron chi connectivity index (χ3n) is 0. The van der Waals surface area contributed by atoms with Crippen LogP contribution in [0, 0.1) is 0 Å². The molecule has 0 radical (unpaired) electrons. The fourth-order valence-electron chi connectivity index (χ4n) is 0. The van der Waals surface area contributed by atoms with Gasteiger partial charge < -0.3 is 30.8 Å². The van der Waals surface area contributed by atoms with Crippen molar-refractivity contribution in [3.05, 3.63) is 30.8 Å². The van der Waals surface area contributed by atoms with Crippen LogP contribution in [0.2, 0.25) is 0 Å². The van der Waals surface area contributed by atoms with Crippen molar-refractivity contribution < 1.29 is 19.5 Å². The molecule has 40 valence electrons. The molecule has 0 aliphatic rings. The van der Waals surface area contributed by atoms with E-state index in [1.807, 2.05) is 0 Å². The van der Waals surface area contributed by atoms with Crippen molar-refractivity contribution >= 4 is 0 Å². The minimum atomic E-state index is 0. The first-order chi connectivity index (χ1) is 0. The molecule has 0 aliphatic heterocycles. The largest absolute Gasteiger partial charge is 8.00 e. The van der Waals surface area contributed by atoms with Gasteiger partial charge in [0.1, 0.15) is 0 Å². The fourth-order valence-corrected chi connectivity index (χ4v) is 0. The molecule has 0 unspecified atom stereocenters. The van der Waals surface area contributed by atoms with E-state index < -0.39 is 0 Å². The summed E-state index contributed by atoms with van der Waals surface area (Å²) in [6, 6.07) is 0. The Balaban J connectivity index is 0. The van der Waals surface area contributed by atoms with Crippen molar-refractivity contribution in [3.8, 4) is 0 Å². The standard InChI is InChI=1S/5H2N.Ru/h5*1H2;/q5*-1;+8. The van der Waals surface area contributed by atoms with Crippen LogP contribution < -0.4 is 0 Å². The first kappa shape index (κ1) is 1050. The fraction of sp³-hybridized carbons (Fsp3) is 0. The van der Waals surface area contributed by atoms with Gasteiger partial charge >= 0.3 is 19.5 Å². The molecule has 0 spiro atoms. The Labute approximate surface area is 50.9 Å². The minimum absolute atomic E-state index is 0. The van der Waals surface area contributed by atoms with Gasteiger partial charge in [-0.05, 0) is 0 Å². The Kier molecular flexibility index (Phi) is 104000. The van der Waals surface area contributed by atoms with Gasteiger partial charge in [0, 0.05) is 0 Å². The van der Waals surface area contributed by atoms with Crippen molar-refractivity contribution in [1.82, 2.24) is 0 Å². The van der Waals surface area contributed by atoms with Crippen LogP contribution in [0.15, 0.2) is 0 Å². The van der Waals surface area contributed by atoms with E-state index in [0.29, 0.717) is 0 Å². The predicted molar refractivity (Wildman–Crippen MR) is 26.4 cm³/mol. The second-order valence-electron chi connectivity index (χ2n) is 0. The van der Waals surface area contributed by atoms with E-state index in [-0.39, 0.29) is 50.2 Å². The predicted octanol–water partition coefficient (Wildman–Crippen LogP) is 3.58. The quantitative estimate of drug-likeness (QED) is 0.498. The molecular weight excluding hydrogens is 171 g/mol. The number of hydrogen-bond acceptors (Lipinski definition) is 0. The molecule has 0 bridgehead atoms. The average Bonchev–Trinajstić information content (AvgIpc) is 0. The molecule has 0 atom stereocenters. The van der Waals surface area contributed by atoms with Gasteiger partial charge in [-0.25, -0.2) is 0 Å². The summed E-state index contributed by atoms with van der Waals surface area (Å²) in [7, 11) is 0. The van der Waals surface area contributed by atoms with Gasteiger partial charge in [-0.15, -0.1) is 0 Å². The van der Waals surface area contributed by atoms with E-state index in [2.05, 4.69) is 0 Å². The van der Waals surface area contributed by atoms with Crippen molar-refractivity contribution in [2.45, 2.75) is 0 Å². The molecule has 0 aliphatic carbocycles. The Morgan fingerprint density at radius 3 is 0.333 bits per heavy atom. The van der Waals surface area contributed by atoms with E-state index in [4.69, 9.17) is 0 Å². The molecular formula is H10N5Ru+3. The maximum absolute atomic E-state index is 0. The van der Waals surface area contributed by atoms with Crippen LogP contribution in [0.25, 0.3) is 30.8 Å². The van der Waals surface area contributed by atoms with Crippen LogP contribution in [-0.4, -0.2) is 0 Å². The molecule has 0 amide bonds. The first-order valence-electron chi connectivity index (χ1n) is 0. The molecule has 0 saturated heterocycles. The Morgan fingerprint density at radius 1 is 0.333 bits per heavy atom. The van der Waals surface area contributed by atoms with E-state index in [0.717, 1.165) is 0 Å². The third kappa shape index (κ3) is 289. The van der Waals surface area contributed by atoms with Crippen LogP contribution in [-0.2, 0) is 19.5 Å². The zero-order chi connectivity index (χ0) is 0. The Morgan fingerprint density at radius 2 is 0.333 bits per heavy atom. The molecule has 0 heterocycles. The summed E-state index contributed by atoms with van der Waals surface area (Å²) in [4.78, 5) is 0. The number of hydrogen-bond donors (Lipinski definition) is 0. The second kappa shape index (κ2) is 592. The molecule has 6 heteroatoms. The van der Waals surface area contributed by atoms with E-state index in [1.54, 1.807) is 0 Å². The van der Waals surface area contributed by atoms with Gasteiger partial charge in [0.25, 0.3) is 0 Å². The average molecular weight is 181 g/mol. The summed E-state index contributed by atoms with van der Waals surface area (Å²) in [6.45, 7) is 0. The topological polar surface area (TPSA) is 168 Å². The van der Waals surface area contributed by atoms with E-state index >= 15 is 0 Å². The molecule has 0 aromatic carbocycles. The third-order valence-corrected chi connectivity index (χ3v) is 0. The molecule has 0 aromatic heterocycles. The SMILES string of the molecule is [NH2-].[NH2-].[NH2-].[NH2-].[NH2-].[Ru+8]. The normalized spacial score (nSPS) is 0. The van der Waals surface area contributed by atoms with Gasteiger partial charge in [0.05, 0.1) is 0 Å². The zero-order valence-electron chi connectivity index (χ0n) is 3.24. The number of nitrogens with two attached hydrogens (primary N) is 5. The van der Waals surface area contributed by atoms with Gasteiger partial charge in [0.15, 0.2) is 0 Å². The summed E-state index contributed by atoms with van der Waals surface area (Å²) in [6.07, 6.45) is 0. The van der Waals surface area contributed by atoms with Crippen LogP contribution in [0.5, 0.6) is 0 Å². The van der Waals surface area contributed by atoms with Crippen LogP contribution in [0.4, 0.5) is 0 Å². The molecule has 0 fully saturated rings. The minimum Gasteiger partial charge on any atom is -0.693 e. The summed E-state index contributed by atoms with van der Waals surface area (Å²) in [5, 5.41) is 0. The zero-order valence-corrected chi connectivity index (χ0v) is 4.98.